The summed E-state index contributed by atoms with van der Waals surface area (Å²) in [4.78, 5) is 36.5. The van der Waals surface area contributed by atoms with E-state index in [-0.39, 0.29) is 11.8 Å². The predicted molar refractivity (Wildman–Crippen MR) is 105 cm³/mol. The van der Waals surface area contributed by atoms with Gasteiger partial charge in [-0.25, -0.2) is 5.48 Å². The van der Waals surface area contributed by atoms with Crippen LogP contribution >= 0.6 is 0 Å². The maximum absolute atomic E-state index is 13.0. The van der Waals surface area contributed by atoms with Gasteiger partial charge in [0.2, 0.25) is 5.91 Å². The molecule has 3 heterocycles. The van der Waals surface area contributed by atoms with Crippen LogP contribution in [0.3, 0.4) is 0 Å². The number of carbonyl (C=O) groups is 2. The van der Waals surface area contributed by atoms with Gasteiger partial charge >= 0.3 is 0 Å². The zero-order valence-corrected chi connectivity index (χ0v) is 16.9. The van der Waals surface area contributed by atoms with Crippen LogP contribution in [0.15, 0.2) is 29.0 Å². The highest BCUT2D eigenvalue weighted by Gasteiger charge is 2.36. The number of rotatable bonds is 7. The summed E-state index contributed by atoms with van der Waals surface area (Å²) in [5.74, 6) is -1.30. The maximum Gasteiger partial charge on any atom is 0.272 e. The molecule has 2 aromatic rings. The minimum Gasteiger partial charge on any atom is -0.382 e. The van der Waals surface area contributed by atoms with Gasteiger partial charge < -0.3 is 19.4 Å². The van der Waals surface area contributed by atoms with Gasteiger partial charge in [0.15, 0.2) is 0 Å². The molecule has 1 saturated heterocycles. The number of hydrogen-bond donors (Lipinski definition) is 3. The first-order chi connectivity index (χ1) is 14.4. The Morgan fingerprint density at radius 3 is 2.47 bits per heavy atom. The second-order valence-corrected chi connectivity index (χ2v) is 7.60. The van der Waals surface area contributed by atoms with Crippen molar-refractivity contribution in [3.63, 3.8) is 0 Å². The second kappa shape index (κ2) is 9.63. The molecule has 0 radical (unpaired) electrons. The van der Waals surface area contributed by atoms with E-state index >= 15 is 0 Å². The van der Waals surface area contributed by atoms with E-state index in [9.17, 15) is 14.7 Å². The molecule has 3 N–H and O–H groups in total. The molecule has 1 fully saturated rings. The summed E-state index contributed by atoms with van der Waals surface area (Å²) in [6.45, 7) is 5.55. The van der Waals surface area contributed by atoms with Crippen LogP contribution in [0.2, 0.25) is 0 Å². The zero-order valence-electron chi connectivity index (χ0n) is 16.9. The van der Waals surface area contributed by atoms with E-state index in [1.54, 1.807) is 29.4 Å². The quantitative estimate of drug-likeness (QED) is 0.427. The van der Waals surface area contributed by atoms with E-state index < -0.39 is 17.9 Å². The van der Waals surface area contributed by atoms with Gasteiger partial charge in [-0.2, -0.15) is 4.98 Å². The summed E-state index contributed by atoms with van der Waals surface area (Å²) in [6.07, 6.45) is 2.00. The number of pyridine rings is 1. The van der Waals surface area contributed by atoms with Crippen LogP contribution < -0.4 is 10.4 Å². The Bertz CT molecular complexity index is 850. The number of carbonyl (C=O) groups excluding carboxylic acids is 2. The fourth-order valence-corrected chi connectivity index (χ4v) is 3.44. The van der Waals surface area contributed by atoms with Crippen LogP contribution in [0.4, 0.5) is 5.95 Å². The Labute approximate surface area is 173 Å². The number of hydroxylamine groups is 1. The van der Waals surface area contributed by atoms with E-state index in [1.807, 2.05) is 18.7 Å². The number of amides is 2. The Morgan fingerprint density at radius 2 is 1.87 bits per heavy atom. The van der Waals surface area contributed by atoms with Gasteiger partial charge in [0.25, 0.3) is 17.7 Å². The normalized spacial score (nSPS) is 16.4. The molecule has 1 aliphatic heterocycles. The molecule has 3 rings (SSSR count). The van der Waals surface area contributed by atoms with E-state index in [0.717, 1.165) is 5.56 Å². The SMILES string of the molecule is CC(C)C[C@H](C(=O)N1CCN(c2noc(-c3ccncc3)n2)CC1)[C@H](O)C(=O)NO. The Balaban J connectivity index is 1.63. The van der Waals surface area contributed by atoms with Crippen molar-refractivity contribution in [3.05, 3.63) is 24.5 Å². The van der Waals surface area contributed by atoms with Crippen LogP contribution in [0.25, 0.3) is 11.5 Å². The first-order valence-corrected chi connectivity index (χ1v) is 9.80. The number of aromatic nitrogens is 3. The third-order valence-electron chi connectivity index (χ3n) is 5.02. The monoisotopic (exact) mass is 418 g/mol. The average molecular weight is 418 g/mol. The van der Waals surface area contributed by atoms with Crippen molar-refractivity contribution in [1.29, 1.82) is 0 Å². The highest BCUT2D eigenvalue weighted by molar-refractivity contribution is 5.88. The molecule has 0 saturated carbocycles. The number of hydrogen-bond acceptors (Lipinski definition) is 9. The topological polar surface area (TPSA) is 145 Å². The van der Waals surface area contributed by atoms with Gasteiger partial charge in [-0.1, -0.05) is 13.8 Å². The van der Waals surface area contributed by atoms with E-state index in [1.165, 1.54) is 5.48 Å². The van der Waals surface area contributed by atoms with Gasteiger partial charge in [0.05, 0.1) is 5.92 Å². The number of piperazine rings is 1. The molecule has 1 aliphatic rings. The summed E-state index contributed by atoms with van der Waals surface area (Å²) < 4.78 is 5.32. The number of anilines is 1. The highest BCUT2D eigenvalue weighted by Crippen LogP contribution is 2.23. The van der Waals surface area contributed by atoms with Crippen LogP contribution in [-0.2, 0) is 9.59 Å². The lowest BCUT2D eigenvalue weighted by molar-refractivity contribution is -0.151. The first kappa shape index (κ1) is 21.7. The maximum atomic E-state index is 13.0. The molecule has 30 heavy (non-hydrogen) atoms. The lowest BCUT2D eigenvalue weighted by Gasteiger charge is -2.36. The van der Waals surface area contributed by atoms with Gasteiger partial charge in [0, 0.05) is 44.1 Å². The molecule has 0 bridgehead atoms. The summed E-state index contributed by atoms with van der Waals surface area (Å²) in [7, 11) is 0. The number of nitrogens with one attached hydrogen (secondary N) is 1. The summed E-state index contributed by atoms with van der Waals surface area (Å²) in [5.41, 5.74) is 2.19. The molecule has 0 aromatic carbocycles. The molecule has 11 nitrogen and oxygen atoms in total. The van der Waals surface area contributed by atoms with Crippen molar-refractivity contribution in [2.45, 2.75) is 26.4 Å². The van der Waals surface area contributed by atoms with E-state index in [2.05, 4.69) is 15.1 Å². The highest BCUT2D eigenvalue weighted by atomic mass is 16.5. The fourth-order valence-electron chi connectivity index (χ4n) is 3.44. The lowest BCUT2D eigenvalue weighted by atomic mass is 9.90. The van der Waals surface area contributed by atoms with Gasteiger partial charge in [-0.15, -0.1) is 0 Å². The van der Waals surface area contributed by atoms with Crippen LogP contribution in [0.5, 0.6) is 0 Å². The molecular weight excluding hydrogens is 392 g/mol. The third kappa shape index (κ3) is 4.92. The Morgan fingerprint density at radius 1 is 1.20 bits per heavy atom. The summed E-state index contributed by atoms with van der Waals surface area (Å²) >= 11 is 0. The third-order valence-corrected chi connectivity index (χ3v) is 5.02. The van der Waals surface area contributed by atoms with Gasteiger partial charge in [-0.05, 0) is 29.6 Å². The molecular formula is C19H26N6O5. The lowest BCUT2D eigenvalue weighted by Crippen LogP contribution is -2.53. The van der Waals surface area contributed by atoms with Crippen LogP contribution in [0, 0.1) is 11.8 Å². The minimum atomic E-state index is -1.61. The van der Waals surface area contributed by atoms with Crippen molar-refractivity contribution in [3.8, 4) is 11.5 Å². The predicted octanol–water partition coefficient (Wildman–Crippen LogP) is 0.309. The molecule has 0 aliphatic carbocycles. The number of nitrogens with zero attached hydrogens (tertiary/aromatic N) is 5. The molecule has 162 valence electrons. The number of aliphatic hydroxyl groups is 1. The van der Waals surface area contributed by atoms with E-state index in [0.29, 0.717) is 44.4 Å². The van der Waals surface area contributed by atoms with E-state index in [4.69, 9.17) is 9.73 Å². The summed E-state index contributed by atoms with van der Waals surface area (Å²) in [6, 6.07) is 3.55. The van der Waals surface area contributed by atoms with Gasteiger partial charge in [0.1, 0.15) is 6.10 Å². The molecule has 2 aromatic heterocycles. The largest absolute Gasteiger partial charge is 0.382 e. The molecule has 0 unspecified atom stereocenters. The van der Waals surface area contributed by atoms with Crippen LogP contribution in [0.1, 0.15) is 20.3 Å². The van der Waals surface area contributed by atoms with Crippen LogP contribution in [-0.4, -0.2) is 74.4 Å². The smallest absolute Gasteiger partial charge is 0.272 e. The Kier molecular flexibility index (Phi) is 6.95. The molecule has 11 heteroatoms. The van der Waals surface area contributed by atoms with Crippen molar-refractivity contribution in [2.75, 3.05) is 31.1 Å². The van der Waals surface area contributed by atoms with Gasteiger partial charge in [-0.3, -0.25) is 19.8 Å². The first-order valence-electron chi connectivity index (χ1n) is 9.80. The molecule has 0 spiro atoms. The number of aliphatic hydroxyl groups excluding tert-OH is 1. The summed E-state index contributed by atoms with van der Waals surface area (Å²) in [5, 5.41) is 23.0. The second-order valence-electron chi connectivity index (χ2n) is 7.60. The molecule has 2 atom stereocenters. The average Bonchev–Trinajstić information content (AvgIpc) is 3.27. The Hall–Kier alpha value is -3.05. The van der Waals surface area contributed by atoms with Crippen molar-refractivity contribution in [2.24, 2.45) is 11.8 Å². The van der Waals surface area contributed by atoms with Crippen molar-refractivity contribution in [1.82, 2.24) is 25.5 Å². The van der Waals surface area contributed by atoms with Crippen molar-refractivity contribution >= 4 is 17.8 Å². The fraction of sp³-hybridized carbons (Fsp3) is 0.526. The standard InChI is InChI=1S/C19H26N6O5/c1-12(2)11-14(15(26)16(27)22-29)18(28)24-7-9-25(10-8-24)19-21-17(30-23-19)13-3-5-20-6-4-13/h3-6,12,14-15,26,29H,7-11H2,1-2H3,(H,22,27)/t14-,15-/m0/s1. The zero-order chi connectivity index (χ0) is 21.7. The molecule has 2 amide bonds. The van der Waals surface area contributed by atoms with Crippen molar-refractivity contribution < 1.29 is 24.4 Å². The minimum absolute atomic E-state index is 0.0901.